The van der Waals surface area contributed by atoms with Crippen LogP contribution in [0.25, 0.3) is 21.7 Å². The average Bonchev–Trinajstić information content (AvgIpc) is 2.37. The Hall–Kier alpha value is -2.00. The molecule has 3 aromatic rings. The number of methoxy groups -OCH3 is 1. The van der Waals surface area contributed by atoms with Gasteiger partial charge in [0.1, 0.15) is 11.3 Å². The van der Waals surface area contributed by atoms with Crippen molar-refractivity contribution in [2.45, 2.75) is 6.92 Å². The SMILES string of the molecule is COc1cc(Cl)c2c(c1)oc(=O)c1c(C)cccc12. The summed E-state index contributed by atoms with van der Waals surface area (Å²) < 4.78 is 10.5. The van der Waals surface area contributed by atoms with E-state index in [-0.39, 0.29) is 5.63 Å². The zero-order valence-corrected chi connectivity index (χ0v) is 11.2. The Morgan fingerprint density at radius 3 is 2.74 bits per heavy atom. The molecule has 0 unspecified atom stereocenters. The van der Waals surface area contributed by atoms with Gasteiger partial charge >= 0.3 is 5.63 Å². The van der Waals surface area contributed by atoms with E-state index in [1.54, 1.807) is 19.2 Å². The minimum Gasteiger partial charge on any atom is -0.497 e. The molecule has 0 bridgehead atoms. The lowest BCUT2D eigenvalue weighted by atomic mass is 10.0. The topological polar surface area (TPSA) is 39.4 Å². The Kier molecular flexibility index (Phi) is 2.72. The minimum atomic E-state index is -0.357. The van der Waals surface area contributed by atoms with Crippen LogP contribution in [0, 0.1) is 6.92 Å². The first-order valence-electron chi connectivity index (χ1n) is 5.81. The van der Waals surface area contributed by atoms with Crippen molar-refractivity contribution in [2.24, 2.45) is 0 Å². The molecule has 3 nitrogen and oxygen atoms in total. The van der Waals surface area contributed by atoms with Crippen molar-refractivity contribution in [3.8, 4) is 5.75 Å². The summed E-state index contributed by atoms with van der Waals surface area (Å²) in [6, 6.07) is 9.04. The summed E-state index contributed by atoms with van der Waals surface area (Å²) in [6.07, 6.45) is 0. The molecule has 0 saturated heterocycles. The van der Waals surface area contributed by atoms with Crippen LogP contribution in [-0.2, 0) is 0 Å². The van der Waals surface area contributed by atoms with Crippen molar-refractivity contribution in [3.05, 3.63) is 51.3 Å². The quantitative estimate of drug-likeness (QED) is 0.499. The van der Waals surface area contributed by atoms with Crippen molar-refractivity contribution in [1.29, 1.82) is 0 Å². The van der Waals surface area contributed by atoms with Gasteiger partial charge < -0.3 is 9.15 Å². The number of hydrogen-bond acceptors (Lipinski definition) is 3. The molecule has 1 heterocycles. The van der Waals surface area contributed by atoms with Gasteiger partial charge in [0, 0.05) is 16.8 Å². The lowest BCUT2D eigenvalue weighted by Crippen LogP contribution is -2.02. The van der Waals surface area contributed by atoms with Gasteiger partial charge in [0.25, 0.3) is 0 Å². The van der Waals surface area contributed by atoms with Gasteiger partial charge in [-0.3, -0.25) is 0 Å². The third-order valence-electron chi connectivity index (χ3n) is 3.21. The van der Waals surface area contributed by atoms with Crippen LogP contribution in [0.1, 0.15) is 5.56 Å². The Bertz CT molecular complexity index is 849. The molecule has 0 N–H and O–H groups in total. The van der Waals surface area contributed by atoms with E-state index in [0.717, 1.165) is 16.3 Å². The monoisotopic (exact) mass is 274 g/mol. The summed E-state index contributed by atoms with van der Waals surface area (Å²) in [5.41, 5.74) is 0.956. The normalized spacial score (nSPS) is 11.1. The number of halogens is 1. The van der Waals surface area contributed by atoms with Crippen molar-refractivity contribution in [2.75, 3.05) is 7.11 Å². The van der Waals surface area contributed by atoms with Gasteiger partial charge in [-0.2, -0.15) is 0 Å². The minimum absolute atomic E-state index is 0.357. The predicted octanol–water partition coefficient (Wildman–Crippen LogP) is 3.92. The van der Waals surface area contributed by atoms with Crippen molar-refractivity contribution in [3.63, 3.8) is 0 Å². The van der Waals surface area contributed by atoms with Gasteiger partial charge in [0.05, 0.1) is 17.5 Å². The number of benzene rings is 2. The highest BCUT2D eigenvalue weighted by Crippen LogP contribution is 2.33. The Morgan fingerprint density at radius 1 is 1.21 bits per heavy atom. The lowest BCUT2D eigenvalue weighted by Gasteiger charge is -2.08. The molecule has 0 atom stereocenters. The lowest BCUT2D eigenvalue weighted by molar-refractivity contribution is 0.414. The van der Waals surface area contributed by atoms with E-state index in [1.165, 1.54) is 0 Å². The van der Waals surface area contributed by atoms with Crippen LogP contribution < -0.4 is 10.4 Å². The second-order valence-electron chi connectivity index (χ2n) is 4.37. The second kappa shape index (κ2) is 4.28. The number of fused-ring (bicyclic) bond motifs is 3. The zero-order valence-electron chi connectivity index (χ0n) is 10.5. The third-order valence-corrected chi connectivity index (χ3v) is 3.51. The molecule has 4 heteroatoms. The van der Waals surface area contributed by atoms with E-state index in [2.05, 4.69) is 0 Å². The molecule has 96 valence electrons. The molecular formula is C15H11ClO3. The van der Waals surface area contributed by atoms with E-state index in [0.29, 0.717) is 21.7 Å². The smallest absolute Gasteiger partial charge is 0.344 e. The van der Waals surface area contributed by atoms with Crippen LogP contribution in [0.3, 0.4) is 0 Å². The molecule has 3 rings (SSSR count). The number of rotatable bonds is 1. The van der Waals surface area contributed by atoms with Crippen LogP contribution in [0.4, 0.5) is 0 Å². The molecule has 0 aliphatic carbocycles. The first-order valence-corrected chi connectivity index (χ1v) is 6.19. The molecule has 0 fully saturated rings. The molecular weight excluding hydrogens is 264 g/mol. The van der Waals surface area contributed by atoms with E-state index < -0.39 is 0 Å². The fraction of sp³-hybridized carbons (Fsp3) is 0.133. The van der Waals surface area contributed by atoms with Crippen LogP contribution in [0.2, 0.25) is 5.02 Å². The van der Waals surface area contributed by atoms with Crippen molar-refractivity contribution < 1.29 is 9.15 Å². The van der Waals surface area contributed by atoms with Crippen LogP contribution in [-0.4, -0.2) is 7.11 Å². The molecule has 0 aliphatic heterocycles. The van der Waals surface area contributed by atoms with Gasteiger partial charge in [-0.15, -0.1) is 0 Å². The number of ether oxygens (including phenoxy) is 1. The summed E-state index contributed by atoms with van der Waals surface area (Å²) in [5, 5.41) is 2.62. The summed E-state index contributed by atoms with van der Waals surface area (Å²) in [7, 11) is 1.54. The highest BCUT2D eigenvalue weighted by molar-refractivity contribution is 6.37. The maximum Gasteiger partial charge on any atom is 0.344 e. The molecule has 1 aromatic heterocycles. The van der Waals surface area contributed by atoms with Gasteiger partial charge in [-0.05, 0) is 18.6 Å². The maximum absolute atomic E-state index is 12.1. The van der Waals surface area contributed by atoms with Gasteiger partial charge in [0.15, 0.2) is 0 Å². The van der Waals surface area contributed by atoms with E-state index >= 15 is 0 Å². The Labute approximate surface area is 114 Å². The highest BCUT2D eigenvalue weighted by Gasteiger charge is 2.13. The fourth-order valence-electron chi connectivity index (χ4n) is 2.32. The Balaban J connectivity index is 2.61. The molecule has 0 saturated carbocycles. The largest absolute Gasteiger partial charge is 0.497 e. The van der Waals surface area contributed by atoms with E-state index in [4.69, 9.17) is 20.8 Å². The van der Waals surface area contributed by atoms with Crippen LogP contribution in [0.15, 0.2) is 39.5 Å². The second-order valence-corrected chi connectivity index (χ2v) is 4.78. The fourth-order valence-corrected chi connectivity index (χ4v) is 2.62. The maximum atomic E-state index is 12.1. The van der Waals surface area contributed by atoms with Gasteiger partial charge in [-0.1, -0.05) is 29.8 Å². The average molecular weight is 275 g/mol. The standard InChI is InChI=1S/C15H11ClO3/c1-8-4-3-5-10-13(8)15(17)19-12-7-9(18-2)6-11(16)14(10)12/h3-7H,1-2H3. The summed E-state index contributed by atoms with van der Waals surface area (Å²) in [4.78, 5) is 12.1. The van der Waals surface area contributed by atoms with E-state index in [9.17, 15) is 4.79 Å². The molecule has 0 aliphatic rings. The number of aryl methyl sites for hydroxylation is 1. The van der Waals surface area contributed by atoms with Crippen molar-refractivity contribution in [1.82, 2.24) is 0 Å². The van der Waals surface area contributed by atoms with Crippen LogP contribution >= 0.6 is 11.6 Å². The van der Waals surface area contributed by atoms with E-state index in [1.807, 2.05) is 25.1 Å². The van der Waals surface area contributed by atoms with Crippen LogP contribution in [0.5, 0.6) is 5.75 Å². The Morgan fingerprint density at radius 2 is 2.00 bits per heavy atom. The number of hydrogen-bond donors (Lipinski definition) is 0. The molecule has 0 amide bonds. The van der Waals surface area contributed by atoms with Crippen molar-refractivity contribution >= 4 is 33.3 Å². The molecule has 0 radical (unpaired) electrons. The first-order chi connectivity index (χ1) is 9.11. The first kappa shape index (κ1) is 12.1. The summed E-state index contributed by atoms with van der Waals surface area (Å²) in [6.45, 7) is 1.88. The summed E-state index contributed by atoms with van der Waals surface area (Å²) >= 11 is 6.28. The molecule has 0 spiro atoms. The highest BCUT2D eigenvalue weighted by atomic mass is 35.5. The van der Waals surface area contributed by atoms with Gasteiger partial charge in [0.2, 0.25) is 0 Å². The summed E-state index contributed by atoms with van der Waals surface area (Å²) in [5.74, 6) is 0.563. The molecule has 2 aromatic carbocycles. The zero-order chi connectivity index (χ0) is 13.6. The molecule has 19 heavy (non-hydrogen) atoms. The van der Waals surface area contributed by atoms with Gasteiger partial charge in [-0.25, -0.2) is 4.79 Å². The third kappa shape index (κ3) is 1.78. The predicted molar refractivity (Wildman–Crippen MR) is 76.3 cm³/mol.